The fourth-order valence-corrected chi connectivity index (χ4v) is 1.44. The Kier molecular flexibility index (Phi) is 7.92. The van der Waals surface area contributed by atoms with Gasteiger partial charge in [0.1, 0.15) is 0 Å². The molecule has 15 heavy (non-hydrogen) atoms. The fraction of sp³-hybridized carbons (Fsp3) is 0.615. The van der Waals surface area contributed by atoms with Gasteiger partial charge < -0.3 is 4.74 Å². The lowest BCUT2D eigenvalue weighted by atomic mass is 9.99. The third-order valence-electron chi connectivity index (χ3n) is 2.06. The van der Waals surface area contributed by atoms with E-state index in [4.69, 9.17) is 4.74 Å². The molecule has 1 aliphatic heterocycles. The third kappa shape index (κ3) is 4.00. The van der Waals surface area contributed by atoms with E-state index in [1.54, 1.807) is 0 Å². The summed E-state index contributed by atoms with van der Waals surface area (Å²) in [7, 11) is 0. The highest BCUT2D eigenvalue weighted by molar-refractivity contribution is 5.24. The minimum Gasteiger partial charge on any atom is -0.375 e. The summed E-state index contributed by atoms with van der Waals surface area (Å²) >= 11 is 0. The molecule has 0 saturated carbocycles. The van der Waals surface area contributed by atoms with E-state index >= 15 is 0 Å². The normalized spacial score (nSPS) is 17.5. The summed E-state index contributed by atoms with van der Waals surface area (Å²) in [5.41, 5.74) is 2.45. The summed E-state index contributed by atoms with van der Waals surface area (Å²) in [5, 5.41) is 0. The highest BCUT2D eigenvalue weighted by Gasteiger charge is 2.16. The van der Waals surface area contributed by atoms with Gasteiger partial charge in [-0.05, 0) is 11.6 Å². The molecule has 0 aromatic carbocycles. The molecule has 1 unspecified atom stereocenters. The molecule has 0 aliphatic carbocycles. The average molecular weight is 209 g/mol. The van der Waals surface area contributed by atoms with Crippen molar-refractivity contribution in [1.29, 1.82) is 0 Å². The number of hydrogen-bond acceptors (Lipinski definition) is 2. The van der Waals surface area contributed by atoms with Gasteiger partial charge in [-0.2, -0.15) is 0 Å². The first-order valence-electron chi connectivity index (χ1n) is 5.89. The first kappa shape index (κ1) is 14.1. The molecule has 2 nitrogen and oxygen atoms in total. The standard InChI is InChI=1S/C9H11NO.2C2H6/c1-7-5-11-6-9-8(7)3-2-4-10-9;2*1-2/h2-4,7H,5-6H2,1H3;2*1-2H3. The Morgan fingerprint density at radius 2 is 1.93 bits per heavy atom. The third-order valence-corrected chi connectivity index (χ3v) is 2.06. The number of aromatic nitrogens is 1. The van der Waals surface area contributed by atoms with Crippen LogP contribution < -0.4 is 0 Å². The number of ether oxygens (including phenoxy) is 1. The van der Waals surface area contributed by atoms with Crippen molar-refractivity contribution in [3.05, 3.63) is 29.6 Å². The predicted molar refractivity (Wildman–Crippen MR) is 65.0 cm³/mol. The molecule has 0 saturated heterocycles. The van der Waals surface area contributed by atoms with Gasteiger partial charge in [-0.25, -0.2) is 0 Å². The van der Waals surface area contributed by atoms with Gasteiger partial charge in [0.15, 0.2) is 0 Å². The van der Waals surface area contributed by atoms with Crippen LogP contribution in [0.25, 0.3) is 0 Å². The Bertz CT molecular complexity index is 260. The molecule has 2 rings (SSSR count). The van der Waals surface area contributed by atoms with Gasteiger partial charge in [0.05, 0.1) is 18.9 Å². The Labute approximate surface area is 93.7 Å². The van der Waals surface area contributed by atoms with Gasteiger partial charge in [-0.15, -0.1) is 0 Å². The molecule has 2 heterocycles. The molecule has 0 spiro atoms. The minimum absolute atomic E-state index is 0.507. The molecule has 1 aromatic heterocycles. The number of nitrogens with zero attached hydrogens (tertiary/aromatic N) is 1. The maximum Gasteiger partial charge on any atom is 0.0891 e. The molecule has 0 radical (unpaired) electrons. The van der Waals surface area contributed by atoms with Gasteiger partial charge in [-0.3, -0.25) is 4.98 Å². The molecule has 0 bridgehead atoms. The first-order chi connectivity index (χ1) is 7.38. The van der Waals surface area contributed by atoms with Gasteiger partial charge in [0.2, 0.25) is 0 Å². The van der Waals surface area contributed by atoms with Crippen LogP contribution in [-0.4, -0.2) is 11.6 Å². The van der Waals surface area contributed by atoms with E-state index in [9.17, 15) is 0 Å². The molecule has 0 amide bonds. The summed E-state index contributed by atoms with van der Waals surface area (Å²) in [6.45, 7) is 11.7. The molecular formula is C13H23NO. The van der Waals surface area contributed by atoms with Crippen molar-refractivity contribution in [2.45, 2.75) is 47.1 Å². The van der Waals surface area contributed by atoms with Crippen LogP contribution in [0, 0.1) is 0 Å². The zero-order chi connectivity index (χ0) is 11.7. The van der Waals surface area contributed by atoms with Crippen LogP contribution in [0.2, 0.25) is 0 Å². The zero-order valence-corrected chi connectivity index (χ0v) is 10.6. The van der Waals surface area contributed by atoms with Gasteiger partial charge in [0.25, 0.3) is 0 Å². The highest BCUT2D eigenvalue weighted by Crippen LogP contribution is 2.23. The Morgan fingerprint density at radius 1 is 1.27 bits per heavy atom. The zero-order valence-electron chi connectivity index (χ0n) is 10.6. The average Bonchev–Trinajstić information content (AvgIpc) is 2.35. The molecule has 1 atom stereocenters. The lowest BCUT2D eigenvalue weighted by Gasteiger charge is -2.20. The van der Waals surface area contributed by atoms with Crippen LogP contribution in [0.15, 0.2) is 18.3 Å². The van der Waals surface area contributed by atoms with E-state index in [0.717, 1.165) is 12.3 Å². The van der Waals surface area contributed by atoms with E-state index in [2.05, 4.69) is 18.0 Å². The quantitative estimate of drug-likeness (QED) is 0.649. The minimum atomic E-state index is 0.507. The maximum atomic E-state index is 5.35. The van der Waals surface area contributed by atoms with Crippen molar-refractivity contribution < 1.29 is 4.74 Å². The smallest absolute Gasteiger partial charge is 0.0891 e. The van der Waals surface area contributed by atoms with Crippen LogP contribution in [0.3, 0.4) is 0 Å². The first-order valence-corrected chi connectivity index (χ1v) is 5.89. The van der Waals surface area contributed by atoms with Crippen molar-refractivity contribution in [1.82, 2.24) is 4.98 Å². The van der Waals surface area contributed by atoms with Crippen molar-refractivity contribution >= 4 is 0 Å². The van der Waals surface area contributed by atoms with Crippen LogP contribution in [0.5, 0.6) is 0 Å². The molecule has 86 valence electrons. The van der Waals surface area contributed by atoms with E-state index in [1.165, 1.54) is 5.56 Å². The lowest BCUT2D eigenvalue weighted by molar-refractivity contribution is 0.0919. The second kappa shape index (κ2) is 8.42. The molecular weight excluding hydrogens is 186 g/mol. The van der Waals surface area contributed by atoms with E-state index in [-0.39, 0.29) is 0 Å². The Hall–Kier alpha value is -0.890. The SMILES string of the molecule is CC.CC.CC1COCc2ncccc21. The summed E-state index contributed by atoms with van der Waals surface area (Å²) in [5.74, 6) is 0.507. The Morgan fingerprint density at radius 3 is 2.53 bits per heavy atom. The fourth-order valence-electron chi connectivity index (χ4n) is 1.44. The predicted octanol–water partition coefficient (Wildman–Crippen LogP) is 3.77. The molecule has 0 fully saturated rings. The topological polar surface area (TPSA) is 22.1 Å². The molecule has 2 heteroatoms. The van der Waals surface area contributed by atoms with E-state index < -0.39 is 0 Å². The summed E-state index contributed by atoms with van der Waals surface area (Å²) in [6.07, 6.45) is 1.82. The van der Waals surface area contributed by atoms with Crippen molar-refractivity contribution in [3.63, 3.8) is 0 Å². The highest BCUT2D eigenvalue weighted by atomic mass is 16.5. The maximum absolute atomic E-state index is 5.35. The van der Waals surface area contributed by atoms with E-state index in [0.29, 0.717) is 12.5 Å². The number of rotatable bonds is 0. The van der Waals surface area contributed by atoms with Crippen LogP contribution in [-0.2, 0) is 11.3 Å². The molecule has 0 N–H and O–H groups in total. The Balaban J connectivity index is 0.000000442. The summed E-state index contributed by atoms with van der Waals surface area (Å²) in [6, 6.07) is 4.12. The van der Waals surface area contributed by atoms with Crippen LogP contribution >= 0.6 is 0 Å². The van der Waals surface area contributed by atoms with Crippen LogP contribution in [0.4, 0.5) is 0 Å². The lowest BCUT2D eigenvalue weighted by Crippen LogP contribution is -2.15. The molecule has 1 aromatic rings. The van der Waals surface area contributed by atoms with Crippen LogP contribution in [0.1, 0.15) is 51.8 Å². The number of hydrogen-bond donors (Lipinski definition) is 0. The van der Waals surface area contributed by atoms with Gasteiger partial charge >= 0.3 is 0 Å². The van der Waals surface area contributed by atoms with Gasteiger partial charge in [0, 0.05) is 12.1 Å². The second-order valence-corrected chi connectivity index (χ2v) is 2.96. The largest absolute Gasteiger partial charge is 0.375 e. The van der Waals surface area contributed by atoms with Gasteiger partial charge in [-0.1, -0.05) is 40.7 Å². The second-order valence-electron chi connectivity index (χ2n) is 2.96. The van der Waals surface area contributed by atoms with Crippen molar-refractivity contribution in [2.24, 2.45) is 0 Å². The monoisotopic (exact) mass is 209 g/mol. The van der Waals surface area contributed by atoms with Crippen molar-refractivity contribution in [3.8, 4) is 0 Å². The number of fused-ring (bicyclic) bond motifs is 1. The van der Waals surface area contributed by atoms with Crippen molar-refractivity contribution in [2.75, 3.05) is 6.61 Å². The number of pyridine rings is 1. The molecule has 1 aliphatic rings. The summed E-state index contributed by atoms with van der Waals surface area (Å²) in [4.78, 5) is 4.24. The summed E-state index contributed by atoms with van der Waals surface area (Å²) < 4.78 is 5.35. The van der Waals surface area contributed by atoms with E-state index in [1.807, 2.05) is 40.0 Å².